The quantitative estimate of drug-likeness (QED) is 0.228. The maximum absolute atomic E-state index is 12.3. The summed E-state index contributed by atoms with van der Waals surface area (Å²) in [6.07, 6.45) is 4.24. The summed E-state index contributed by atoms with van der Waals surface area (Å²) in [6.45, 7) is 1.50. The highest BCUT2D eigenvalue weighted by atomic mass is 79.9. The number of aliphatic carboxylic acids is 1. The summed E-state index contributed by atoms with van der Waals surface area (Å²) >= 11 is 9.15. The fourth-order valence-corrected chi connectivity index (χ4v) is 3.78. The number of halogens is 2. The van der Waals surface area contributed by atoms with Gasteiger partial charge in [0.05, 0.1) is 23.2 Å². The number of hydrogen-bond donors (Lipinski definition) is 3. The Morgan fingerprint density at radius 3 is 2.72 bits per heavy atom. The van der Waals surface area contributed by atoms with Gasteiger partial charge in [-0.2, -0.15) is 0 Å². The number of amides is 2. The van der Waals surface area contributed by atoms with Crippen molar-refractivity contribution in [1.82, 2.24) is 15.6 Å². The molecule has 3 N–H and O–H groups in total. The highest BCUT2D eigenvalue weighted by molar-refractivity contribution is 9.10. The number of carbonyl (C=O) groups is 3. The second-order valence-electron chi connectivity index (χ2n) is 6.58. The van der Waals surface area contributed by atoms with Crippen molar-refractivity contribution >= 4 is 51.6 Å². The molecule has 1 aliphatic heterocycles. The molecule has 1 aromatic heterocycles. The summed E-state index contributed by atoms with van der Waals surface area (Å²) in [6, 6.07) is 4.82. The van der Waals surface area contributed by atoms with E-state index in [4.69, 9.17) is 21.1 Å². The number of benzene rings is 1. The fraction of sp³-hybridized carbons (Fsp3) is 0.143. The average molecular weight is 523 g/mol. The van der Waals surface area contributed by atoms with Crippen molar-refractivity contribution in [2.45, 2.75) is 13.0 Å². The molecule has 0 spiro atoms. The molecule has 2 amide bonds. The van der Waals surface area contributed by atoms with Crippen molar-refractivity contribution < 1.29 is 29.0 Å². The molecular formula is C21H17BrClN3O6. The summed E-state index contributed by atoms with van der Waals surface area (Å²) in [7, 11) is 1.37. The largest absolute Gasteiger partial charge is 0.493 e. The van der Waals surface area contributed by atoms with Crippen LogP contribution in [0.5, 0.6) is 11.5 Å². The van der Waals surface area contributed by atoms with Gasteiger partial charge in [0.25, 0.3) is 0 Å². The highest BCUT2D eigenvalue weighted by Gasteiger charge is 2.32. The topological polar surface area (TPSA) is 127 Å². The lowest BCUT2D eigenvalue weighted by Crippen LogP contribution is -2.45. The molecule has 3 rings (SSSR count). The van der Waals surface area contributed by atoms with Gasteiger partial charge in [-0.05, 0) is 64.3 Å². The number of nitrogens with zero attached hydrogens (tertiary/aromatic N) is 1. The van der Waals surface area contributed by atoms with E-state index in [1.165, 1.54) is 38.4 Å². The van der Waals surface area contributed by atoms with Crippen LogP contribution in [-0.4, -0.2) is 35.2 Å². The molecule has 1 aliphatic rings. The van der Waals surface area contributed by atoms with Crippen LogP contribution in [0.4, 0.5) is 4.79 Å². The van der Waals surface area contributed by atoms with E-state index in [0.717, 1.165) is 0 Å². The minimum absolute atomic E-state index is 0.0257. The van der Waals surface area contributed by atoms with Crippen LogP contribution in [-0.2, 0) is 9.59 Å². The summed E-state index contributed by atoms with van der Waals surface area (Å²) in [5.74, 6) is -1.61. The van der Waals surface area contributed by atoms with Gasteiger partial charge in [0.2, 0.25) is 0 Å². The molecule has 0 fully saturated rings. The zero-order valence-corrected chi connectivity index (χ0v) is 19.2. The van der Waals surface area contributed by atoms with Gasteiger partial charge in [-0.15, -0.1) is 0 Å². The van der Waals surface area contributed by atoms with Gasteiger partial charge in [0.15, 0.2) is 11.5 Å². The Morgan fingerprint density at radius 2 is 2.06 bits per heavy atom. The number of carbonyl (C=O) groups excluding carboxylic acids is 2. The van der Waals surface area contributed by atoms with E-state index in [9.17, 15) is 19.5 Å². The monoisotopic (exact) mass is 521 g/mol. The Labute approximate surface area is 196 Å². The first-order valence-electron chi connectivity index (χ1n) is 9.10. The highest BCUT2D eigenvalue weighted by Crippen LogP contribution is 2.40. The van der Waals surface area contributed by atoms with E-state index in [1.54, 1.807) is 18.2 Å². The van der Waals surface area contributed by atoms with Gasteiger partial charge >= 0.3 is 18.0 Å². The second-order valence-corrected chi connectivity index (χ2v) is 7.82. The number of pyridine rings is 1. The van der Waals surface area contributed by atoms with Gasteiger partial charge in [0, 0.05) is 18.0 Å². The number of hydrogen-bond acceptors (Lipinski definition) is 6. The number of urea groups is 1. The lowest BCUT2D eigenvalue weighted by molar-refractivity contribution is -0.133. The Balaban J connectivity index is 1.90. The number of carboxylic acids is 1. The third kappa shape index (κ3) is 5.27. The summed E-state index contributed by atoms with van der Waals surface area (Å²) in [5, 5.41) is 14.9. The Hall–Kier alpha value is -3.37. The number of ether oxygens (including phenoxy) is 2. The van der Waals surface area contributed by atoms with E-state index in [2.05, 4.69) is 31.5 Å². The van der Waals surface area contributed by atoms with Crippen molar-refractivity contribution in [3.63, 3.8) is 0 Å². The number of nitrogens with one attached hydrogen (secondary N) is 2. The van der Waals surface area contributed by atoms with Gasteiger partial charge in [0.1, 0.15) is 5.15 Å². The minimum atomic E-state index is -1.19. The van der Waals surface area contributed by atoms with Crippen LogP contribution in [0.15, 0.2) is 52.3 Å². The molecule has 9 nitrogen and oxygen atoms in total. The number of allylic oxidation sites excluding steroid dienone is 1. The zero-order valence-electron chi connectivity index (χ0n) is 16.8. The predicted octanol–water partition coefficient (Wildman–Crippen LogP) is 3.84. The molecule has 11 heteroatoms. The van der Waals surface area contributed by atoms with Crippen molar-refractivity contribution in [3.8, 4) is 11.5 Å². The van der Waals surface area contributed by atoms with Crippen LogP contribution < -0.4 is 20.1 Å². The SMILES string of the molecule is COc1cc(C2NC(=O)NC(C)=C2C(=O)O)cc(Br)c1OC(=O)C=Cc1ccnc(Cl)c1. The van der Waals surface area contributed by atoms with Crippen LogP contribution in [0, 0.1) is 0 Å². The number of carboxylic acid groups (broad SMARTS) is 1. The molecular weight excluding hydrogens is 506 g/mol. The lowest BCUT2D eigenvalue weighted by atomic mass is 9.95. The van der Waals surface area contributed by atoms with Crippen molar-refractivity contribution in [3.05, 3.63) is 68.6 Å². The molecule has 0 aliphatic carbocycles. The maximum Gasteiger partial charge on any atom is 0.336 e. The van der Waals surface area contributed by atoms with E-state index < -0.39 is 24.0 Å². The molecule has 2 aromatic rings. The first-order chi connectivity index (χ1) is 15.2. The first kappa shape index (κ1) is 23.3. The normalized spacial score (nSPS) is 15.9. The van der Waals surface area contributed by atoms with Crippen molar-refractivity contribution in [2.24, 2.45) is 0 Å². The van der Waals surface area contributed by atoms with Gasteiger partial charge in [-0.25, -0.2) is 19.4 Å². The maximum atomic E-state index is 12.3. The number of rotatable bonds is 6. The zero-order chi connectivity index (χ0) is 23.4. The van der Waals surface area contributed by atoms with E-state index >= 15 is 0 Å². The molecule has 0 saturated carbocycles. The third-order valence-corrected chi connectivity index (χ3v) is 5.25. The molecule has 1 unspecified atom stereocenters. The molecule has 1 aromatic carbocycles. The number of aromatic nitrogens is 1. The minimum Gasteiger partial charge on any atom is -0.493 e. The van der Waals surface area contributed by atoms with Crippen LogP contribution in [0.2, 0.25) is 5.15 Å². The van der Waals surface area contributed by atoms with Gasteiger partial charge in [-0.3, -0.25) is 0 Å². The Bertz CT molecular complexity index is 1160. The smallest absolute Gasteiger partial charge is 0.336 e. The Morgan fingerprint density at radius 1 is 1.31 bits per heavy atom. The third-order valence-electron chi connectivity index (χ3n) is 4.45. The molecule has 166 valence electrons. The molecule has 0 bridgehead atoms. The fourth-order valence-electron chi connectivity index (χ4n) is 3.05. The van der Waals surface area contributed by atoms with Crippen molar-refractivity contribution in [1.29, 1.82) is 0 Å². The predicted molar refractivity (Wildman–Crippen MR) is 119 cm³/mol. The van der Waals surface area contributed by atoms with Crippen LogP contribution in [0.3, 0.4) is 0 Å². The van der Waals surface area contributed by atoms with E-state index in [1.807, 2.05) is 0 Å². The van der Waals surface area contributed by atoms with Gasteiger partial charge < -0.3 is 25.2 Å². The molecule has 2 heterocycles. The second kappa shape index (κ2) is 9.84. The molecule has 0 saturated heterocycles. The lowest BCUT2D eigenvalue weighted by Gasteiger charge is -2.27. The molecule has 0 radical (unpaired) electrons. The van der Waals surface area contributed by atoms with Gasteiger partial charge in [-0.1, -0.05) is 11.6 Å². The summed E-state index contributed by atoms with van der Waals surface area (Å²) in [4.78, 5) is 39.8. The number of esters is 1. The summed E-state index contributed by atoms with van der Waals surface area (Å²) < 4.78 is 11.1. The molecule has 32 heavy (non-hydrogen) atoms. The Kier molecular flexibility index (Phi) is 7.16. The first-order valence-corrected chi connectivity index (χ1v) is 10.3. The molecule has 1 atom stereocenters. The summed E-state index contributed by atoms with van der Waals surface area (Å²) in [5.41, 5.74) is 1.27. The number of methoxy groups -OCH3 is 1. The van der Waals surface area contributed by atoms with Crippen LogP contribution in [0.1, 0.15) is 24.1 Å². The van der Waals surface area contributed by atoms with E-state index in [-0.39, 0.29) is 27.9 Å². The van der Waals surface area contributed by atoms with Crippen LogP contribution in [0.25, 0.3) is 6.08 Å². The van der Waals surface area contributed by atoms with Crippen molar-refractivity contribution in [2.75, 3.05) is 7.11 Å². The average Bonchev–Trinajstić information content (AvgIpc) is 2.72. The van der Waals surface area contributed by atoms with E-state index in [0.29, 0.717) is 15.6 Å². The standard InChI is InChI=1S/C21H17BrClN3O6/c1-10-17(20(28)29)18(26-21(30)25-10)12-8-13(22)19(14(9-12)31-2)32-16(27)4-3-11-5-6-24-15(23)7-11/h3-9,18H,1-2H3,(H,28,29)(H2,25,26,30). The van der Waals surface area contributed by atoms with Crippen LogP contribution >= 0.6 is 27.5 Å².